The quantitative estimate of drug-likeness (QED) is 0.562. The molecule has 4 N–H and O–H groups in total. The highest BCUT2D eigenvalue weighted by Crippen LogP contribution is 1.99. The molecule has 0 saturated carbocycles. The maximum absolute atomic E-state index is 11.4. The molecule has 0 heterocycles. The van der Waals surface area contributed by atoms with Gasteiger partial charge in [-0.25, -0.2) is 0 Å². The van der Waals surface area contributed by atoms with Crippen LogP contribution < -0.4 is 11.1 Å². The highest BCUT2D eigenvalue weighted by molar-refractivity contribution is 5.81. The van der Waals surface area contributed by atoms with Crippen LogP contribution in [0, 0.1) is 5.92 Å². The lowest BCUT2D eigenvalue weighted by Crippen LogP contribution is -2.47. The lowest BCUT2D eigenvalue weighted by Gasteiger charge is -2.18. The third-order valence-corrected chi connectivity index (χ3v) is 1.97. The van der Waals surface area contributed by atoms with Crippen molar-refractivity contribution in [3.8, 4) is 0 Å². The second-order valence-electron chi connectivity index (χ2n) is 3.69. The van der Waals surface area contributed by atoms with E-state index in [9.17, 15) is 4.79 Å². The summed E-state index contributed by atoms with van der Waals surface area (Å²) in [5, 5.41) is 11.4. The molecule has 2 atom stereocenters. The summed E-state index contributed by atoms with van der Waals surface area (Å²) in [7, 11) is 0. The van der Waals surface area contributed by atoms with Gasteiger partial charge in [0.25, 0.3) is 0 Å². The van der Waals surface area contributed by atoms with Crippen LogP contribution in [0.25, 0.3) is 0 Å². The van der Waals surface area contributed by atoms with Gasteiger partial charge in [0.1, 0.15) is 0 Å². The van der Waals surface area contributed by atoms with Crippen molar-refractivity contribution in [3.63, 3.8) is 0 Å². The molecule has 13 heavy (non-hydrogen) atoms. The number of hydrogen-bond donors (Lipinski definition) is 3. The van der Waals surface area contributed by atoms with Crippen LogP contribution in [0.15, 0.2) is 0 Å². The number of nitrogens with one attached hydrogen (secondary N) is 1. The Kier molecular flexibility index (Phi) is 5.66. The Hall–Kier alpha value is -0.610. The van der Waals surface area contributed by atoms with E-state index in [2.05, 4.69) is 5.32 Å². The molecular formula is C9H20N2O2. The summed E-state index contributed by atoms with van der Waals surface area (Å²) in [4.78, 5) is 11.4. The van der Waals surface area contributed by atoms with Crippen molar-refractivity contribution < 1.29 is 9.90 Å². The van der Waals surface area contributed by atoms with Gasteiger partial charge in [0.15, 0.2) is 0 Å². The average molecular weight is 188 g/mol. The zero-order chi connectivity index (χ0) is 10.4. The van der Waals surface area contributed by atoms with Gasteiger partial charge < -0.3 is 16.2 Å². The van der Waals surface area contributed by atoms with E-state index in [1.165, 1.54) is 0 Å². The smallest absolute Gasteiger partial charge is 0.237 e. The number of aliphatic hydroxyl groups excluding tert-OH is 1. The number of hydrogen-bond acceptors (Lipinski definition) is 3. The van der Waals surface area contributed by atoms with Crippen LogP contribution in [-0.2, 0) is 4.79 Å². The van der Waals surface area contributed by atoms with E-state index >= 15 is 0 Å². The molecule has 4 heteroatoms. The number of amides is 1. The van der Waals surface area contributed by atoms with Gasteiger partial charge in [-0.2, -0.15) is 0 Å². The predicted octanol–water partition coefficient (Wildman–Crippen LogP) is -0.143. The van der Waals surface area contributed by atoms with Crippen LogP contribution in [0.2, 0.25) is 0 Å². The number of carbonyl (C=O) groups is 1. The molecule has 0 radical (unpaired) electrons. The summed E-state index contributed by atoms with van der Waals surface area (Å²) in [6.45, 7) is 5.74. The fraction of sp³-hybridized carbons (Fsp3) is 0.889. The maximum atomic E-state index is 11.4. The van der Waals surface area contributed by atoms with Crippen LogP contribution in [0.4, 0.5) is 0 Å². The Morgan fingerprint density at radius 2 is 2.00 bits per heavy atom. The minimum atomic E-state index is -0.457. The molecule has 0 saturated heterocycles. The number of aliphatic hydroxyl groups is 1. The summed E-state index contributed by atoms with van der Waals surface area (Å²) in [6, 6.07) is -0.469. The summed E-state index contributed by atoms with van der Waals surface area (Å²) < 4.78 is 0. The lowest BCUT2D eigenvalue weighted by molar-refractivity contribution is -0.123. The number of carbonyl (C=O) groups excluding carboxylic acids is 1. The lowest BCUT2D eigenvalue weighted by atomic mass is 10.0. The molecule has 0 aliphatic rings. The summed E-state index contributed by atoms with van der Waals surface area (Å²) in [6.07, 6.45) is 0.566. The van der Waals surface area contributed by atoms with E-state index in [1.807, 2.05) is 20.8 Å². The first-order chi connectivity index (χ1) is 5.99. The Morgan fingerprint density at radius 3 is 2.38 bits per heavy atom. The van der Waals surface area contributed by atoms with Crippen LogP contribution in [0.5, 0.6) is 0 Å². The van der Waals surface area contributed by atoms with E-state index in [1.54, 1.807) is 0 Å². The zero-order valence-electron chi connectivity index (χ0n) is 8.58. The Bertz CT molecular complexity index is 160. The second kappa shape index (κ2) is 5.94. The largest absolute Gasteiger partial charge is 0.396 e. The van der Waals surface area contributed by atoms with Crippen molar-refractivity contribution in [2.45, 2.75) is 39.3 Å². The minimum absolute atomic E-state index is 0.0118. The molecule has 0 aliphatic heterocycles. The van der Waals surface area contributed by atoms with Gasteiger partial charge in [-0.05, 0) is 19.3 Å². The molecule has 1 amide bonds. The fourth-order valence-corrected chi connectivity index (χ4v) is 0.908. The topological polar surface area (TPSA) is 75.3 Å². The molecule has 78 valence electrons. The highest BCUT2D eigenvalue weighted by Gasteiger charge is 2.18. The maximum Gasteiger partial charge on any atom is 0.237 e. The van der Waals surface area contributed by atoms with Gasteiger partial charge in [0, 0.05) is 12.6 Å². The van der Waals surface area contributed by atoms with Crippen molar-refractivity contribution in [3.05, 3.63) is 0 Å². The Morgan fingerprint density at radius 1 is 1.46 bits per heavy atom. The molecular weight excluding hydrogens is 168 g/mol. The molecule has 4 nitrogen and oxygen atoms in total. The minimum Gasteiger partial charge on any atom is -0.396 e. The van der Waals surface area contributed by atoms with Gasteiger partial charge >= 0.3 is 0 Å². The molecule has 0 aliphatic carbocycles. The summed E-state index contributed by atoms with van der Waals surface area (Å²) in [5.41, 5.74) is 5.63. The van der Waals surface area contributed by atoms with Crippen molar-refractivity contribution in [2.75, 3.05) is 6.61 Å². The third kappa shape index (κ3) is 4.85. The summed E-state index contributed by atoms with van der Waals surface area (Å²) >= 11 is 0. The second-order valence-corrected chi connectivity index (χ2v) is 3.69. The third-order valence-electron chi connectivity index (χ3n) is 1.97. The molecule has 0 aromatic heterocycles. The number of rotatable bonds is 5. The molecule has 0 aromatic carbocycles. The van der Waals surface area contributed by atoms with Crippen LogP contribution >= 0.6 is 0 Å². The Labute approximate surface area is 79.5 Å². The molecule has 0 fully saturated rings. The van der Waals surface area contributed by atoms with E-state index in [4.69, 9.17) is 10.8 Å². The number of nitrogens with two attached hydrogens (primary N) is 1. The molecule has 0 spiro atoms. The first-order valence-corrected chi connectivity index (χ1v) is 4.65. The normalized spacial score (nSPS) is 15.5. The van der Waals surface area contributed by atoms with Gasteiger partial charge in [-0.3, -0.25) is 4.79 Å². The highest BCUT2D eigenvalue weighted by atomic mass is 16.3. The average Bonchev–Trinajstić information content (AvgIpc) is 2.03. The van der Waals surface area contributed by atoms with E-state index < -0.39 is 6.04 Å². The molecule has 0 rings (SSSR count). The predicted molar refractivity (Wildman–Crippen MR) is 52.1 cm³/mol. The van der Waals surface area contributed by atoms with Gasteiger partial charge in [-0.15, -0.1) is 0 Å². The first-order valence-electron chi connectivity index (χ1n) is 4.65. The van der Waals surface area contributed by atoms with Crippen molar-refractivity contribution >= 4 is 5.91 Å². The van der Waals surface area contributed by atoms with Crippen LogP contribution in [0.3, 0.4) is 0 Å². The van der Waals surface area contributed by atoms with E-state index in [0.717, 1.165) is 0 Å². The molecule has 0 bridgehead atoms. The van der Waals surface area contributed by atoms with E-state index in [0.29, 0.717) is 6.42 Å². The van der Waals surface area contributed by atoms with Crippen LogP contribution in [0.1, 0.15) is 27.2 Å². The van der Waals surface area contributed by atoms with Crippen molar-refractivity contribution in [2.24, 2.45) is 11.7 Å². The molecule has 0 aromatic rings. The SMILES string of the molecule is CC(CCO)NC(=O)C(N)C(C)C. The standard InChI is InChI=1S/C9H20N2O2/c1-6(2)8(10)9(13)11-7(3)4-5-12/h6-8,12H,4-5,10H2,1-3H3,(H,11,13). The van der Waals surface area contributed by atoms with Gasteiger partial charge in [-0.1, -0.05) is 13.8 Å². The Balaban J connectivity index is 3.85. The van der Waals surface area contributed by atoms with Gasteiger partial charge in [0.05, 0.1) is 6.04 Å². The first kappa shape index (κ1) is 12.4. The van der Waals surface area contributed by atoms with Crippen LogP contribution in [-0.4, -0.2) is 29.7 Å². The van der Waals surface area contributed by atoms with Gasteiger partial charge in [0.2, 0.25) is 5.91 Å². The van der Waals surface area contributed by atoms with Crippen molar-refractivity contribution in [1.29, 1.82) is 0 Å². The molecule has 2 unspecified atom stereocenters. The monoisotopic (exact) mass is 188 g/mol. The van der Waals surface area contributed by atoms with Crippen molar-refractivity contribution in [1.82, 2.24) is 5.32 Å². The van der Waals surface area contributed by atoms with E-state index in [-0.39, 0.29) is 24.5 Å². The summed E-state index contributed by atoms with van der Waals surface area (Å²) in [5.74, 6) is -0.00252. The fourth-order valence-electron chi connectivity index (χ4n) is 0.908. The zero-order valence-corrected chi connectivity index (χ0v) is 8.58.